The molecule has 1 rings (SSSR count). The van der Waals surface area contributed by atoms with Crippen molar-refractivity contribution >= 4 is 23.0 Å². The van der Waals surface area contributed by atoms with Crippen LogP contribution in [0.4, 0.5) is 20.2 Å². The van der Waals surface area contributed by atoms with Gasteiger partial charge in [0.2, 0.25) is 0 Å². The number of alkyl halides is 2. The molecule has 4 N–H and O–H groups in total. The molecule has 5 heteroatoms. The Morgan fingerprint density at radius 3 is 2.33 bits per heavy atom. The summed E-state index contributed by atoms with van der Waals surface area (Å²) in [6.45, 7) is 0. The standard InChI is InChI=1S/C7H7ClF2N2/c8-5-3(7(9)10)1-2-4(11)6(5)12/h1-2,7H,11-12H2. The SMILES string of the molecule is Nc1ccc(C(F)F)c(Cl)c1N. The van der Waals surface area contributed by atoms with Crippen LogP contribution in [0.2, 0.25) is 5.02 Å². The van der Waals surface area contributed by atoms with Crippen molar-refractivity contribution in [2.24, 2.45) is 0 Å². The van der Waals surface area contributed by atoms with Gasteiger partial charge >= 0.3 is 0 Å². The molecule has 66 valence electrons. The van der Waals surface area contributed by atoms with Crippen LogP contribution in [0.1, 0.15) is 12.0 Å². The number of rotatable bonds is 1. The highest BCUT2D eigenvalue weighted by atomic mass is 35.5. The highest BCUT2D eigenvalue weighted by Crippen LogP contribution is 2.34. The number of benzene rings is 1. The van der Waals surface area contributed by atoms with Crippen molar-refractivity contribution in [1.29, 1.82) is 0 Å². The first kappa shape index (κ1) is 9.06. The summed E-state index contributed by atoms with van der Waals surface area (Å²) in [5.74, 6) is 0. The topological polar surface area (TPSA) is 52.0 Å². The van der Waals surface area contributed by atoms with Crippen LogP contribution in [0.15, 0.2) is 12.1 Å². The molecule has 0 radical (unpaired) electrons. The summed E-state index contributed by atoms with van der Waals surface area (Å²) in [5.41, 5.74) is 10.6. The van der Waals surface area contributed by atoms with Crippen molar-refractivity contribution in [3.05, 3.63) is 22.7 Å². The van der Waals surface area contributed by atoms with Gasteiger partial charge in [-0.1, -0.05) is 11.6 Å². The monoisotopic (exact) mass is 192 g/mol. The molecule has 1 aromatic rings. The lowest BCUT2D eigenvalue weighted by atomic mass is 10.2. The van der Waals surface area contributed by atoms with Crippen molar-refractivity contribution in [2.45, 2.75) is 6.43 Å². The van der Waals surface area contributed by atoms with E-state index in [0.29, 0.717) is 0 Å². The molecule has 0 aliphatic heterocycles. The molecule has 0 atom stereocenters. The Labute approximate surface area is 73.1 Å². The van der Waals surface area contributed by atoms with E-state index < -0.39 is 6.43 Å². The number of nitrogen functional groups attached to an aromatic ring is 2. The Bertz CT molecular complexity index is 302. The lowest BCUT2D eigenvalue weighted by Gasteiger charge is -2.07. The molecule has 12 heavy (non-hydrogen) atoms. The van der Waals surface area contributed by atoms with Gasteiger partial charge < -0.3 is 11.5 Å². The maximum Gasteiger partial charge on any atom is 0.265 e. The van der Waals surface area contributed by atoms with Crippen LogP contribution in [-0.2, 0) is 0 Å². The van der Waals surface area contributed by atoms with Crippen molar-refractivity contribution in [3.8, 4) is 0 Å². The lowest BCUT2D eigenvalue weighted by Crippen LogP contribution is -1.98. The molecule has 0 amide bonds. The molecule has 0 unspecified atom stereocenters. The van der Waals surface area contributed by atoms with Gasteiger partial charge in [-0.2, -0.15) is 0 Å². The van der Waals surface area contributed by atoms with Crippen molar-refractivity contribution < 1.29 is 8.78 Å². The summed E-state index contributed by atoms with van der Waals surface area (Å²) >= 11 is 5.51. The first-order valence-electron chi connectivity index (χ1n) is 3.15. The van der Waals surface area contributed by atoms with Crippen LogP contribution in [-0.4, -0.2) is 0 Å². The Kier molecular flexibility index (Phi) is 2.38. The molecular weight excluding hydrogens is 186 g/mol. The summed E-state index contributed by atoms with van der Waals surface area (Å²) in [5, 5.41) is -0.162. The minimum absolute atomic E-state index is 0.00877. The summed E-state index contributed by atoms with van der Waals surface area (Å²) in [7, 11) is 0. The van der Waals surface area contributed by atoms with Gasteiger partial charge in [0, 0.05) is 5.56 Å². The number of hydrogen-bond acceptors (Lipinski definition) is 2. The maximum absolute atomic E-state index is 12.2. The number of hydrogen-bond donors (Lipinski definition) is 2. The molecule has 0 spiro atoms. The highest BCUT2D eigenvalue weighted by molar-refractivity contribution is 6.34. The van der Waals surface area contributed by atoms with Gasteiger partial charge in [0.05, 0.1) is 16.4 Å². The van der Waals surface area contributed by atoms with Gasteiger partial charge in [0.1, 0.15) is 0 Å². The van der Waals surface area contributed by atoms with Gasteiger partial charge in [0.15, 0.2) is 0 Å². The summed E-state index contributed by atoms with van der Waals surface area (Å²) < 4.78 is 24.3. The van der Waals surface area contributed by atoms with Gasteiger partial charge in [0.25, 0.3) is 6.43 Å². The van der Waals surface area contributed by atoms with E-state index in [9.17, 15) is 8.78 Å². The summed E-state index contributed by atoms with van der Waals surface area (Å²) in [6, 6.07) is 2.47. The normalized spacial score (nSPS) is 10.7. The minimum Gasteiger partial charge on any atom is -0.397 e. The smallest absolute Gasteiger partial charge is 0.265 e. The average molecular weight is 193 g/mol. The fraction of sp³-hybridized carbons (Fsp3) is 0.143. The maximum atomic E-state index is 12.2. The van der Waals surface area contributed by atoms with E-state index >= 15 is 0 Å². The second-order valence-corrected chi connectivity index (χ2v) is 2.65. The summed E-state index contributed by atoms with van der Waals surface area (Å²) in [6.07, 6.45) is -2.62. The predicted molar refractivity (Wildman–Crippen MR) is 45.2 cm³/mol. The van der Waals surface area contributed by atoms with Crippen LogP contribution in [0.5, 0.6) is 0 Å². The van der Waals surface area contributed by atoms with Gasteiger partial charge in [-0.25, -0.2) is 8.78 Å². The molecule has 0 saturated heterocycles. The van der Waals surface area contributed by atoms with Crippen molar-refractivity contribution in [2.75, 3.05) is 11.5 Å². The lowest BCUT2D eigenvalue weighted by molar-refractivity contribution is 0.151. The third-order valence-electron chi connectivity index (χ3n) is 1.48. The molecule has 0 heterocycles. The Hall–Kier alpha value is -1.03. The van der Waals surface area contributed by atoms with Crippen LogP contribution in [0.3, 0.4) is 0 Å². The first-order chi connectivity index (χ1) is 5.54. The minimum atomic E-state index is -2.62. The van der Waals surface area contributed by atoms with E-state index in [1.165, 1.54) is 12.1 Å². The highest BCUT2D eigenvalue weighted by Gasteiger charge is 2.14. The fourth-order valence-electron chi connectivity index (χ4n) is 0.793. The van der Waals surface area contributed by atoms with E-state index in [2.05, 4.69) is 0 Å². The van der Waals surface area contributed by atoms with Gasteiger partial charge in [-0.05, 0) is 12.1 Å². The van der Waals surface area contributed by atoms with Crippen LogP contribution in [0, 0.1) is 0 Å². The molecule has 0 bridgehead atoms. The third-order valence-corrected chi connectivity index (χ3v) is 1.90. The molecule has 0 fully saturated rings. The van der Waals surface area contributed by atoms with Crippen LogP contribution in [0.25, 0.3) is 0 Å². The predicted octanol–water partition coefficient (Wildman–Crippen LogP) is 2.44. The van der Waals surface area contributed by atoms with E-state index in [4.69, 9.17) is 23.1 Å². The van der Waals surface area contributed by atoms with E-state index in [1.54, 1.807) is 0 Å². The second-order valence-electron chi connectivity index (χ2n) is 2.27. The second kappa shape index (κ2) is 3.15. The zero-order chi connectivity index (χ0) is 9.30. The molecule has 0 aliphatic carbocycles. The quantitative estimate of drug-likeness (QED) is 0.672. The molecular formula is C7H7ClF2N2. The average Bonchev–Trinajstić information content (AvgIpc) is 2.00. The van der Waals surface area contributed by atoms with E-state index in [1.807, 2.05) is 0 Å². The molecule has 2 nitrogen and oxygen atoms in total. The zero-order valence-corrected chi connectivity index (χ0v) is 6.78. The van der Waals surface area contributed by atoms with Gasteiger partial charge in [-0.15, -0.1) is 0 Å². The Morgan fingerprint density at radius 1 is 1.25 bits per heavy atom. The number of nitrogens with two attached hydrogens (primary N) is 2. The molecule has 0 saturated carbocycles. The van der Waals surface area contributed by atoms with Crippen LogP contribution < -0.4 is 11.5 Å². The van der Waals surface area contributed by atoms with Gasteiger partial charge in [-0.3, -0.25) is 0 Å². The Balaban J connectivity index is 3.27. The molecule has 0 aliphatic rings. The van der Waals surface area contributed by atoms with E-state index in [0.717, 1.165) is 0 Å². The number of anilines is 2. The summed E-state index contributed by atoms with van der Waals surface area (Å²) in [4.78, 5) is 0. The van der Waals surface area contributed by atoms with Crippen molar-refractivity contribution in [3.63, 3.8) is 0 Å². The van der Waals surface area contributed by atoms with Crippen molar-refractivity contribution in [1.82, 2.24) is 0 Å². The van der Waals surface area contributed by atoms with E-state index in [-0.39, 0.29) is 22.0 Å². The van der Waals surface area contributed by atoms with Crippen LogP contribution >= 0.6 is 11.6 Å². The molecule has 0 aromatic heterocycles. The fourth-order valence-corrected chi connectivity index (χ4v) is 1.05. The Morgan fingerprint density at radius 2 is 1.83 bits per heavy atom. The zero-order valence-electron chi connectivity index (χ0n) is 6.02. The molecule has 1 aromatic carbocycles. The largest absolute Gasteiger partial charge is 0.397 e. The number of halogens is 3. The third kappa shape index (κ3) is 1.43. The first-order valence-corrected chi connectivity index (χ1v) is 3.53.